The number of carbonyl (C=O) groups is 2. The molecule has 1 atom stereocenters. The van der Waals surface area contributed by atoms with E-state index in [-0.39, 0.29) is 5.56 Å². The molecule has 0 unspecified atom stereocenters. The molecule has 3 aromatic heterocycles. The molecule has 0 radical (unpaired) electrons. The van der Waals surface area contributed by atoms with Crippen LogP contribution in [0.1, 0.15) is 16.8 Å². The lowest BCUT2D eigenvalue weighted by Crippen LogP contribution is -2.45. The minimum Gasteiger partial charge on any atom is -0.340 e. The van der Waals surface area contributed by atoms with Gasteiger partial charge >= 0.3 is 0 Å². The standard InChI is InChI=1S/C26H28N6O4S2/c1-31(2)13-10-22(28-24(33)21-9-14-32(16-21)38(3,35)36)25(34)30-26-29-23(17-37-26)20-6-4-5-19(15-20)18-7-11-27-12-8-18/h4-9,11-12,14-17,22H,10,13H2,1-3H3,(H,28,33)(H,29,30,34)/t22-/m0/s1. The molecule has 3 heterocycles. The highest BCUT2D eigenvalue weighted by atomic mass is 32.2. The molecule has 2 N–H and O–H groups in total. The quantitative estimate of drug-likeness (QED) is 0.309. The molecule has 0 aliphatic rings. The largest absolute Gasteiger partial charge is 0.340 e. The third-order valence-electron chi connectivity index (χ3n) is 5.71. The van der Waals surface area contributed by atoms with E-state index in [2.05, 4.69) is 20.6 Å². The summed E-state index contributed by atoms with van der Waals surface area (Å²) in [5.74, 6) is -0.951. The molecule has 0 aliphatic heterocycles. The van der Waals surface area contributed by atoms with Crippen molar-refractivity contribution in [1.82, 2.24) is 24.2 Å². The number of anilines is 1. The van der Waals surface area contributed by atoms with Gasteiger partial charge in [-0.05, 0) is 62.5 Å². The van der Waals surface area contributed by atoms with E-state index < -0.39 is 27.9 Å². The summed E-state index contributed by atoms with van der Waals surface area (Å²) in [5.41, 5.74) is 3.83. The van der Waals surface area contributed by atoms with E-state index in [9.17, 15) is 18.0 Å². The van der Waals surface area contributed by atoms with Crippen molar-refractivity contribution < 1.29 is 18.0 Å². The fourth-order valence-corrected chi connectivity index (χ4v) is 4.98. The van der Waals surface area contributed by atoms with E-state index >= 15 is 0 Å². The van der Waals surface area contributed by atoms with E-state index in [1.807, 2.05) is 60.8 Å². The molecule has 12 heteroatoms. The average molecular weight is 553 g/mol. The van der Waals surface area contributed by atoms with Crippen LogP contribution in [0.25, 0.3) is 22.4 Å². The van der Waals surface area contributed by atoms with Crippen LogP contribution in [0.15, 0.2) is 72.6 Å². The van der Waals surface area contributed by atoms with Gasteiger partial charge in [-0.2, -0.15) is 0 Å². The molecule has 4 aromatic rings. The Kier molecular flexibility index (Phi) is 8.35. The molecule has 0 aliphatic carbocycles. The normalized spacial score (nSPS) is 12.3. The summed E-state index contributed by atoms with van der Waals surface area (Å²) in [6, 6.07) is 12.3. The minimum absolute atomic E-state index is 0.142. The average Bonchev–Trinajstić information content (AvgIpc) is 3.57. The van der Waals surface area contributed by atoms with Crippen molar-refractivity contribution in [2.24, 2.45) is 0 Å². The lowest BCUT2D eigenvalue weighted by atomic mass is 10.0. The van der Waals surface area contributed by atoms with Gasteiger partial charge in [0, 0.05) is 35.7 Å². The maximum Gasteiger partial charge on any atom is 0.253 e. The molecule has 38 heavy (non-hydrogen) atoms. The van der Waals surface area contributed by atoms with E-state index in [0.29, 0.717) is 18.1 Å². The molecule has 198 valence electrons. The topological polar surface area (TPSA) is 126 Å². The van der Waals surface area contributed by atoms with Crippen molar-refractivity contribution >= 4 is 38.3 Å². The zero-order valence-corrected chi connectivity index (χ0v) is 22.8. The summed E-state index contributed by atoms with van der Waals surface area (Å²) in [6.45, 7) is 0.549. The molecule has 4 rings (SSSR count). The Morgan fingerprint density at radius 3 is 2.50 bits per heavy atom. The van der Waals surface area contributed by atoms with Crippen molar-refractivity contribution in [1.29, 1.82) is 0 Å². The monoisotopic (exact) mass is 552 g/mol. The van der Waals surface area contributed by atoms with Crippen LogP contribution in [-0.4, -0.2) is 72.0 Å². The van der Waals surface area contributed by atoms with Gasteiger partial charge in [-0.1, -0.05) is 18.2 Å². The molecule has 0 fully saturated rings. The zero-order valence-electron chi connectivity index (χ0n) is 21.2. The van der Waals surface area contributed by atoms with Crippen molar-refractivity contribution in [3.8, 4) is 22.4 Å². The number of carbonyl (C=O) groups excluding carboxylic acids is 2. The van der Waals surface area contributed by atoms with Crippen molar-refractivity contribution in [3.63, 3.8) is 0 Å². The molecule has 0 bridgehead atoms. The third kappa shape index (κ3) is 6.91. The first-order chi connectivity index (χ1) is 18.1. The van der Waals surface area contributed by atoms with Gasteiger partial charge in [-0.3, -0.25) is 18.5 Å². The highest BCUT2D eigenvalue weighted by Crippen LogP contribution is 2.28. The summed E-state index contributed by atoms with van der Waals surface area (Å²) in [6.07, 6.45) is 7.39. The zero-order chi connectivity index (χ0) is 27.3. The highest BCUT2D eigenvalue weighted by Gasteiger charge is 2.23. The number of hydrogen-bond acceptors (Lipinski definition) is 8. The second-order valence-corrected chi connectivity index (χ2v) is 11.7. The summed E-state index contributed by atoms with van der Waals surface area (Å²) in [7, 11) is 0.222. The predicted octanol–water partition coefficient (Wildman–Crippen LogP) is 3.17. The van der Waals surface area contributed by atoms with Gasteiger partial charge < -0.3 is 15.5 Å². The van der Waals surface area contributed by atoms with Gasteiger partial charge in [0.1, 0.15) is 6.04 Å². The summed E-state index contributed by atoms with van der Waals surface area (Å²) < 4.78 is 24.4. The molecule has 10 nitrogen and oxygen atoms in total. The van der Waals surface area contributed by atoms with Gasteiger partial charge in [0.25, 0.3) is 5.91 Å². The lowest BCUT2D eigenvalue weighted by Gasteiger charge is -2.19. The second-order valence-electron chi connectivity index (χ2n) is 8.95. The van der Waals surface area contributed by atoms with Gasteiger partial charge in [0.2, 0.25) is 15.9 Å². The Balaban J connectivity index is 1.48. The maximum atomic E-state index is 13.2. The van der Waals surface area contributed by atoms with E-state index in [0.717, 1.165) is 32.6 Å². The Labute approximate surface area is 225 Å². The van der Waals surface area contributed by atoms with E-state index in [4.69, 9.17) is 0 Å². The van der Waals surface area contributed by atoms with Gasteiger partial charge in [-0.15, -0.1) is 11.3 Å². The van der Waals surface area contributed by atoms with Crippen LogP contribution in [0.3, 0.4) is 0 Å². The lowest BCUT2D eigenvalue weighted by molar-refractivity contribution is -0.118. The number of hydrogen-bond donors (Lipinski definition) is 2. The summed E-state index contributed by atoms with van der Waals surface area (Å²) >= 11 is 1.29. The molecule has 2 amide bonds. The molecule has 0 saturated heterocycles. The van der Waals surface area contributed by atoms with Crippen LogP contribution in [0.2, 0.25) is 0 Å². The Morgan fingerprint density at radius 1 is 1.08 bits per heavy atom. The minimum atomic E-state index is -3.52. The number of nitrogens with one attached hydrogen (secondary N) is 2. The van der Waals surface area contributed by atoms with Crippen LogP contribution >= 0.6 is 11.3 Å². The summed E-state index contributed by atoms with van der Waals surface area (Å²) in [4.78, 5) is 36.5. The molecular formula is C26H28N6O4S2. The number of amides is 2. The summed E-state index contributed by atoms with van der Waals surface area (Å²) in [5, 5.41) is 7.81. The van der Waals surface area contributed by atoms with Gasteiger partial charge in [-0.25, -0.2) is 13.4 Å². The first-order valence-corrected chi connectivity index (χ1v) is 14.4. The molecular weight excluding hydrogens is 524 g/mol. The van der Waals surface area contributed by atoms with E-state index in [1.165, 1.54) is 29.8 Å². The first-order valence-electron chi connectivity index (χ1n) is 11.7. The molecule has 0 saturated carbocycles. The van der Waals surface area contributed by atoms with Crippen LogP contribution in [0, 0.1) is 0 Å². The third-order valence-corrected chi connectivity index (χ3v) is 7.46. The number of benzene rings is 1. The SMILES string of the molecule is CN(C)CC[C@H](NC(=O)c1ccn(S(C)(=O)=O)c1)C(=O)Nc1nc(-c2cccc(-c3ccncc3)c2)cs1. The Hall–Kier alpha value is -3.87. The molecule has 1 aromatic carbocycles. The van der Waals surface area contributed by atoms with Crippen LogP contribution in [0.4, 0.5) is 5.13 Å². The number of thiazole rings is 1. The van der Waals surface area contributed by atoms with Crippen LogP contribution < -0.4 is 10.6 Å². The number of pyridine rings is 1. The van der Waals surface area contributed by atoms with E-state index in [1.54, 1.807) is 12.4 Å². The van der Waals surface area contributed by atoms with Gasteiger partial charge in [0.15, 0.2) is 5.13 Å². The first kappa shape index (κ1) is 27.2. The molecule has 0 spiro atoms. The second kappa shape index (κ2) is 11.7. The van der Waals surface area contributed by atoms with Crippen LogP contribution in [0.5, 0.6) is 0 Å². The highest BCUT2D eigenvalue weighted by molar-refractivity contribution is 7.89. The fourth-order valence-electron chi connectivity index (χ4n) is 3.67. The number of aromatic nitrogens is 3. The van der Waals surface area contributed by atoms with Crippen molar-refractivity contribution in [3.05, 3.63) is 78.2 Å². The van der Waals surface area contributed by atoms with Gasteiger partial charge in [0.05, 0.1) is 17.5 Å². The van der Waals surface area contributed by atoms with Crippen molar-refractivity contribution in [2.75, 3.05) is 32.2 Å². The Morgan fingerprint density at radius 2 is 1.82 bits per heavy atom. The predicted molar refractivity (Wildman–Crippen MR) is 149 cm³/mol. The van der Waals surface area contributed by atoms with Crippen LogP contribution in [-0.2, 0) is 14.8 Å². The number of nitrogens with zero attached hydrogens (tertiary/aromatic N) is 4. The van der Waals surface area contributed by atoms with Crippen molar-refractivity contribution in [2.45, 2.75) is 12.5 Å². The number of rotatable bonds is 10. The smallest absolute Gasteiger partial charge is 0.253 e. The maximum absolute atomic E-state index is 13.2. The fraction of sp³-hybridized carbons (Fsp3) is 0.231. The Bertz CT molecular complexity index is 1530.